The highest BCUT2D eigenvalue weighted by atomic mass is 19.1. The first-order chi connectivity index (χ1) is 6.86. The molecule has 0 aliphatic carbocycles. The zero-order valence-electron chi connectivity index (χ0n) is 7.44. The van der Waals surface area contributed by atoms with E-state index in [0.717, 1.165) is 5.69 Å². The summed E-state index contributed by atoms with van der Waals surface area (Å²) in [5.41, 5.74) is 1.23. The third kappa shape index (κ3) is 1.88. The Morgan fingerprint density at radius 1 is 1.07 bits per heavy atom. The Hall–Kier alpha value is -1.90. The van der Waals surface area contributed by atoms with Crippen molar-refractivity contribution in [3.63, 3.8) is 0 Å². The van der Waals surface area contributed by atoms with Gasteiger partial charge in [0.25, 0.3) is 0 Å². The van der Waals surface area contributed by atoms with Crippen LogP contribution in [-0.4, -0.2) is 4.98 Å². The maximum Gasteiger partial charge on any atom is 0.146 e. The van der Waals surface area contributed by atoms with Crippen LogP contribution in [0.3, 0.4) is 0 Å². The van der Waals surface area contributed by atoms with E-state index in [2.05, 4.69) is 10.3 Å². The average molecular weight is 188 g/mol. The molecule has 0 fully saturated rings. The van der Waals surface area contributed by atoms with Crippen LogP contribution in [0.1, 0.15) is 0 Å². The van der Waals surface area contributed by atoms with Gasteiger partial charge < -0.3 is 5.32 Å². The predicted molar refractivity (Wildman–Crippen MR) is 53.9 cm³/mol. The Kier molecular flexibility index (Phi) is 2.40. The second-order valence-corrected chi connectivity index (χ2v) is 2.85. The first-order valence-corrected chi connectivity index (χ1v) is 4.28. The molecule has 1 aromatic heterocycles. The molecule has 1 heterocycles. The fourth-order valence-electron chi connectivity index (χ4n) is 1.15. The molecule has 2 nitrogen and oxygen atoms in total. The zero-order valence-corrected chi connectivity index (χ0v) is 7.44. The summed E-state index contributed by atoms with van der Waals surface area (Å²) in [6, 6.07) is 10.2. The van der Waals surface area contributed by atoms with Crippen LogP contribution >= 0.6 is 0 Å². The van der Waals surface area contributed by atoms with Crippen molar-refractivity contribution in [1.82, 2.24) is 4.98 Å². The minimum atomic E-state index is -0.267. The summed E-state index contributed by atoms with van der Waals surface area (Å²) in [6.07, 6.45) is 3.32. The second-order valence-electron chi connectivity index (χ2n) is 2.85. The van der Waals surface area contributed by atoms with Crippen molar-refractivity contribution in [2.75, 3.05) is 5.32 Å². The largest absolute Gasteiger partial charge is 0.352 e. The highest BCUT2D eigenvalue weighted by Gasteiger charge is 1.99. The van der Waals surface area contributed by atoms with Gasteiger partial charge >= 0.3 is 0 Å². The molecular formula is C11H9FN2. The number of hydrogen-bond donors (Lipinski definition) is 1. The van der Waals surface area contributed by atoms with E-state index < -0.39 is 0 Å². The van der Waals surface area contributed by atoms with Gasteiger partial charge in [0.15, 0.2) is 0 Å². The van der Waals surface area contributed by atoms with Crippen LogP contribution in [0, 0.1) is 5.82 Å². The van der Waals surface area contributed by atoms with Crippen molar-refractivity contribution < 1.29 is 4.39 Å². The molecule has 0 aliphatic heterocycles. The first kappa shape index (κ1) is 8.69. The lowest BCUT2D eigenvalue weighted by Gasteiger charge is -2.05. The number of pyridine rings is 1. The van der Waals surface area contributed by atoms with Crippen LogP contribution in [0.25, 0.3) is 0 Å². The quantitative estimate of drug-likeness (QED) is 0.783. The smallest absolute Gasteiger partial charge is 0.146 e. The molecule has 0 spiro atoms. The normalized spacial score (nSPS) is 9.79. The SMILES string of the molecule is Fc1ccccc1Nc1cccnc1. The lowest BCUT2D eigenvalue weighted by molar-refractivity contribution is 0.632. The van der Waals surface area contributed by atoms with E-state index in [-0.39, 0.29) is 5.82 Å². The van der Waals surface area contributed by atoms with Crippen molar-refractivity contribution in [2.24, 2.45) is 0 Å². The summed E-state index contributed by atoms with van der Waals surface area (Å²) < 4.78 is 13.2. The number of anilines is 2. The average Bonchev–Trinajstić information content (AvgIpc) is 2.23. The summed E-state index contributed by atoms with van der Waals surface area (Å²) >= 11 is 0. The van der Waals surface area contributed by atoms with E-state index in [1.165, 1.54) is 6.07 Å². The minimum Gasteiger partial charge on any atom is -0.352 e. The highest BCUT2D eigenvalue weighted by molar-refractivity contribution is 5.58. The molecular weight excluding hydrogens is 179 g/mol. The number of para-hydroxylation sites is 1. The molecule has 3 heteroatoms. The number of nitrogens with one attached hydrogen (secondary N) is 1. The second kappa shape index (κ2) is 3.87. The van der Waals surface area contributed by atoms with E-state index in [9.17, 15) is 4.39 Å². The molecule has 0 unspecified atom stereocenters. The number of nitrogens with zero attached hydrogens (tertiary/aromatic N) is 1. The van der Waals surface area contributed by atoms with Gasteiger partial charge in [0.05, 0.1) is 17.6 Å². The van der Waals surface area contributed by atoms with Gasteiger partial charge in [0, 0.05) is 6.20 Å². The van der Waals surface area contributed by atoms with E-state index in [0.29, 0.717) is 5.69 Å². The third-order valence-electron chi connectivity index (χ3n) is 1.81. The van der Waals surface area contributed by atoms with Gasteiger partial charge in [-0.25, -0.2) is 4.39 Å². The monoisotopic (exact) mass is 188 g/mol. The fraction of sp³-hybridized carbons (Fsp3) is 0. The topological polar surface area (TPSA) is 24.9 Å². The van der Waals surface area contributed by atoms with Gasteiger partial charge in [-0.05, 0) is 24.3 Å². The van der Waals surface area contributed by atoms with Crippen LogP contribution in [0.2, 0.25) is 0 Å². The van der Waals surface area contributed by atoms with Gasteiger partial charge in [-0.2, -0.15) is 0 Å². The molecule has 1 N–H and O–H groups in total. The number of benzene rings is 1. The van der Waals surface area contributed by atoms with Crippen molar-refractivity contribution >= 4 is 11.4 Å². The van der Waals surface area contributed by atoms with Gasteiger partial charge in [-0.1, -0.05) is 12.1 Å². The Balaban J connectivity index is 2.24. The molecule has 0 amide bonds. The Morgan fingerprint density at radius 3 is 2.64 bits per heavy atom. The van der Waals surface area contributed by atoms with Crippen LogP contribution < -0.4 is 5.32 Å². The lowest BCUT2D eigenvalue weighted by atomic mass is 10.3. The molecule has 2 rings (SSSR count). The van der Waals surface area contributed by atoms with E-state index in [1.54, 1.807) is 36.7 Å². The van der Waals surface area contributed by atoms with Crippen molar-refractivity contribution in [3.05, 3.63) is 54.6 Å². The van der Waals surface area contributed by atoms with Crippen LogP contribution in [-0.2, 0) is 0 Å². The van der Waals surface area contributed by atoms with Crippen molar-refractivity contribution in [1.29, 1.82) is 0 Å². The standard InChI is InChI=1S/C11H9FN2/c12-10-5-1-2-6-11(10)14-9-4-3-7-13-8-9/h1-8,14H. The molecule has 0 bridgehead atoms. The minimum absolute atomic E-state index is 0.267. The number of hydrogen-bond acceptors (Lipinski definition) is 2. The van der Waals surface area contributed by atoms with Crippen LogP contribution in [0.15, 0.2) is 48.8 Å². The summed E-state index contributed by atoms with van der Waals surface area (Å²) in [5.74, 6) is -0.267. The van der Waals surface area contributed by atoms with Crippen molar-refractivity contribution in [2.45, 2.75) is 0 Å². The number of aromatic nitrogens is 1. The first-order valence-electron chi connectivity index (χ1n) is 4.28. The Bertz CT molecular complexity index is 415. The molecule has 0 aliphatic rings. The predicted octanol–water partition coefficient (Wildman–Crippen LogP) is 2.96. The number of halogens is 1. The highest BCUT2D eigenvalue weighted by Crippen LogP contribution is 2.17. The van der Waals surface area contributed by atoms with Gasteiger partial charge in [-0.3, -0.25) is 4.98 Å². The summed E-state index contributed by atoms with van der Waals surface area (Å²) in [6.45, 7) is 0. The third-order valence-corrected chi connectivity index (χ3v) is 1.81. The van der Waals surface area contributed by atoms with Gasteiger partial charge in [0.2, 0.25) is 0 Å². The van der Waals surface area contributed by atoms with E-state index in [1.807, 2.05) is 6.07 Å². The van der Waals surface area contributed by atoms with Gasteiger partial charge in [0.1, 0.15) is 5.82 Å². The van der Waals surface area contributed by atoms with Crippen LogP contribution in [0.4, 0.5) is 15.8 Å². The van der Waals surface area contributed by atoms with Crippen molar-refractivity contribution in [3.8, 4) is 0 Å². The maximum atomic E-state index is 13.2. The Labute approximate surface area is 81.4 Å². The van der Waals surface area contributed by atoms with Gasteiger partial charge in [-0.15, -0.1) is 0 Å². The lowest BCUT2D eigenvalue weighted by Crippen LogP contribution is -1.93. The molecule has 70 valence electrons. The summed E-state index contributed by atoms with van der Waals surface area (Å²) in [5, 5.41) is 2.93. The zero-order chi connectivity index (χ0) is 9.80. The van der Waals surface area contributed by atoms with E-state index >= 15 is 0 Å². The molecule has 0 atom stereocenters. The molecule has 0 saturated carbocycles. The Morgan fingerprint density at radius 2 is 1.93 bits per heavy atom. The maximum absolute atomic E-state index is 13.2. The molecule has 1 aromatic carbocycles. The molecule has 0 radical (unpaired) electrons. The molecule has 0 saturated heterocycles. The molecule has 14 heavy (non-hydrogen) atoms. The van der Waals surface area contributed by atoms with Crippen LogP contribution in [0.5, 0.6) is 0 Å². The number of rotatable bonds is 2. The summed E-state index contributed by atoms with van der Waals surface area (Å²) in [7, 11) is 0. The van der Waals surface area contributed by atoms with E-state index in [4.69, 9.17) is 0 Å². The summed E-state index contributed by atoms with van der Waals surface area (Å²) in [4.78, 5) is 3.93. The molecule has 2 aromatic rings. The fourth-order valence-corrected chi connectivity index (χ4v) is 1.15.